The highest BCUT2D eigenvalue weighted by Gasteiger charge is 2.29. The summed E-state index contributed by atoms with van der Waals surface area (Å²) in [6.07, 6.45) is 2.17. The van der Waals surface area contributed by atoms with Crippen molar-refractivity contribution in [1.29, 1.82) is 0 Å². The average Bonchev–Trinajstić information content (AvgIpc) is 3.01. The van der Waals surface area contributed by atoms with Crippen molar-refractivity contribution >= 4 is 11.9 Å². The number of nitrogens with zero attached hydrogens (tertiary/aromatic N) is 1. The van der Waals surface area contributed by atoms with Crippen LogP contribution in [-0.2, 0) is 16.0 Å². The van der Waals surface area contributed by atoms with E-state index in [0.717, 1.165) is 37.5 Å². The quantitative estimate of drug-likeness (QED) is 0.491. The molecule has 0 aliphatic carbocycles. The van der Waals surface area contributed by atoms with Gasteiger partial charge in [0.05, 0.1) is 18.3 Å². The monoisotopic (exact) mass is 319 g/mol. The lowest BCUT2D eigenvalue weighted by Gasteiger charge is -2.24. The van der Waals surface area contributed by atoms with Crippen molar-refractivity contribution in [2.75, 3.05) is 27.3 Å². The largest absolute Gasteiger partial charge is 0.465 e. The second-order valence-electron chi connectivity index (χ2n) is 5.87. The lowest BCUT2D eigenvalue weighted by Crippen LogP contribution is -2.45. The van der Waals surface area contributed by atoms with Gasteiger partial charge >= 0.3 is 5.97 Å². The van der Waals surface area contributed by atoms with Crippen molar-refractivity contribution in [1.82, 2.24) is 10.6 Å². The normalized spacial score (nSPS) is 21.1. The molecule has 1 atom stereocenters. The molecule has 1 fully saturated rings. The molecule has 6 nitrogen and oxygen atoms in total. The van der Waals surface area contributed by atoms with E-state index in [9.17, 15) is 4.79 Å². The summed E-state index contributed by atoms with van der Waals surface area (Å²) in [7, 11) is 3.12. The number of esters is 1. The fraction of sp³-hybridized carbons (Fsp3) is 0.529. The molecule has 2 N–H and O–H groups in total. The summed E-state index contributed by atoms with van der Waals surface area (Å²) in [5.74, 6) is 0.408. The number of nitrogens with one attached hydrogen (secondary N) is 2. The van der Waals surface area contributed by atoms with Crippen LogP contribution in [0.3, 0.4) is 0 Å². The molecule has 1 saturated heterocycles. The van der Waals surface area contributed by atoms with Crippen LogP contribution >= 0.6 is 0 Å². The third-order valence-electron chi connectivity index (χ3n) is 3.99. The second-order valence-corrected chi connectivity index (χ2v) is 5.87. The standard InChI is InChI=1S/C17H25N3O3/c1-17(9-4-10-23-17)12-20-16(18-2)19-11-13-5-7-14(8-6-13)15(21)22-3/h5-8H,4,9-12H2,1-3H3,(H2,18,19,20). The minimum Gasteiger partial charge on any atom is -0.465 e. The predicted molar refractivity (Wildman–Crippen MR) is 89.6 cm³/mol. The van der Waals surface area contributed by atoms with Crippen molar-refractivity contribution in [2.24, 2.45) is 4.99 Å². The Hall–Kier alpha value is -2.08. The smallest absolute Gasteiger partial charge is 0.337 e. The Morgan fingerprint density at radius 1 is 1.35 bits per heavy atom. The van der Waals surface area contributed by atoms with Crippen molar-refractivity contribution in [3.05, 3.63) is 35.4 Å². The number of hydrogen-bond acceptors (Lipinski definition) is 4. The molecular formula is C17H25N3O3. The van der Waals surface area contributed by atoms with E-state index in [0.29, 0.717) is 12.1 Å². The van der Waals surface area contributed by atoms with Crippen LogP contribution in [0.2, 0.25) is 0 Å². The molecule has 0 aromatic heterocycles. The van der Waals surface area contributed by atoms with Gasteiger partial charge in [0.15, 0.2) is 5.96 Å². The highest BCUT2D eigenvalue weighted by Crippen LogP contribution is 2.23. The van der Waals surface area contributed by atoms with Gasteiger partial charge in [-0.25, -0.2) is 4.79 Å². The Kier molecular flexibility index (Phi) is 5.98. The Morgan fingerprint density at radius 3 is 2.65 bits per heavy atom. The molecule has 126 valence electrons. The number of benzene rings is 1. The maximum Gasteiger partial charge on any atom is 0.337 e. The molecule has 0 saturated carbocycles. The molecule has 1 unspecified atom stereocenters. The molecule has 0 spiro atoms. The van der Waals surface area contributed by atoms with E-state index in [1.165, 1.54) is 7.11 Å². The Morgan fingerprint density at radius 2 is 2.09 bits per heavy atom. The summed E-state index contributed by atoms with van der Waals surface area (Å²) < 4.78 is 10.4. The minimum absolute atomic E-state index is 0.111. The minimum atomic E-state index is -0.327. The molecule has 23 heavy (non-hydrogen) atoms. The molecule has 0 radical (unpaired) electrons. The summed E-state index contributed by atoms with van der Waals surface area (Å²) in [4.78, 5) is 15.6. The van der Waals surface area contributed by atoms with E-state index in [2.05, 4.69) is 27.3 Å². The maximum absolute atomic E-state index is 11.4. The van der Waals surface area contributed by atoms with Crippen LogP contribution in [0.5, 0.6) is 0 Å². The number of methoxy groups -OCH3 is 1. The van der Waals surface area contributed by atoms with Crippen molar-refractivity contribution < 1.29 is 14.3 Å². The van der Waals surface area contributed by atoms with Gasteiger partial charge in [-0.2, -0.15) is 0 Å². The first kappa shape index (κ1) is 17.3. The van der Waals surface area contributed by atoms with E-state index >= 15 is 0 Å². The highest BCUT2D eigenvalue weighted by atomic mass is 16.5. The fourth-order valence-corrected chi connectivity index (χ4v) is 2.53. The molecule has 0 amide bonds. The van der Waals surface area contributed by atoms with Gasteiger partial charge in [0.1, 0.15) is 0 Å². The van der Waals surface area contributed by atoms with Gasteiger partial charge in [-0.15, -0.1) is 0 Å². The zero-order valence-electron chi connectivity index (χ0n) is 14.0. The van der Waals surface area contributed by atoms with Crippen LogP contribution in [-0.4, -0.2) is 44.8 Å². The van der Waals surface area contributed by atoms with Gasteiger partial charge in [0, 0.05) is 26.7 Å². The third-order valence-corrected chi connectivity index (χ3v) is 3.99. The molecule has 1 aliphatic rings. The number of rotatable bonds is 5. The Bertz CT molecular complexity index is 549. The highest BCUT2D eigenvalue weighted by molar-refractivity contribution is 5.89. The molecular weight excluding hydrogens is 294 g/mol. The van der Waals surface area contributed by atoms with Gasteiger partial charge in [-0.05, 0) is 37.5 Å². The predicted octanol–water partition coefficient (Wildman–Crippen LogP) is 1.71. The summed E-state index contributed by atoms with van der Waals surface area (Å²) in [5.41, 5.74) is 1.49. The molecule has 1 aliphatic heterocycles. The Labute approximate surface area is 137 Å². The topological polar surface area (TPSA) is 72.0 Å². The van der Waals surface area contributed by atoms with Crippen LogP contribution in [0.1, 0.15) is 35.7 Å². The van der Waals surface area contributed by atoms with Crippen LogP contribution in [0.4, 0.5) is 0 Å². The SMILES string of the molecule is CN=C(NCc1ccc(C(=O)OC)cc1)NCC1(C)CCCO1. The van der Waals surface area contributed by atoms with E-state index in [-0.39, 0.29) is 11.6 Å². The average molecular weight is 319 g/mol. The number of carbonyl (C=O) groups excluding carboxylic acids is 1. The van der Waals surface area contributed by atoms with Gasteiger partial charge in [0.2, 0.25) is 0 Å². The zero-order chi connectivity index (χ0) is 16.7. The summed E-state index contributed by atoms with van der Waals surface area (Å²) in [6.45, 7) is 4.30. The van der Waals surface area contributed by atoms with Gasteiger partial charge in [-0.1, -0.05) is 12.1 Å². The number of guanidine groups is 1. The van der Waals surface area contributed by atoms with Crippen molar-refractivity contribution in [3.63, 3.8) is 0 Å². The number of hydrogen-bond donors (Lipinski definition) is 2. The van der Waals surface area contributed by atoms with Gasteiger partial charge in [-0.3, -0.25) is 4.99 Å². The molecule has 0 bridgehead atoms. The van der Waals surface area contributed by atoms with Gasteiger partial charge < -0.3 is 20.1 Å². The van der Waals surface area contributed by atoms with Crippen LogP contribution in [0.25, 0.3) is 0 Å². The third kappa shape index (κ3) is 4.96. The van der Waals surface area contributed by atoms with Gasteiger partial charge in [0.25, 0.3) is 0 Å². The van der Waals surface area contributed by atoms with Crippen LogP contribution in [0.15, 0.2) is 29.3 Å². The van der Waals surface area contributed by atoms with Crippen LogP contribution in [0, 0.1) is 0 Å². The Balaban J connectivity index is 1.82. The molecule has 2 rings (SSSR count). The lowest BCUT2D eigenvalue weighted by atomic mass is 10.0. The summed E-state index contributed by atoms with van der Waals surface area (Å²) >= 11 is 0. The molecule has 1 aromatic carbocycles. The summed E-state index contributed by atoms with van der Waals surface area (Å²) in [5, 5.41) is 6.56. The zero-order valence-corrected chi connectivity index (χ0v) is 14.0. The number of aliphatic imine (C=N–C) groups is 1. The first-order valence-electron chi connectivity index (χ1n) is 7.82. The van der Waals surface area contributed by atoms with Crippen molar-refractivity contribution in [2.45, 2.75) is 31.9 Å². The number of carbonyl (C=O) groups is 1. The van der Waals surface area contributed by atoms with Crippen molar-refractivity contribution in [3.8, 4) is 0 Å². The molecule has 1 aromatic rings. The van der Waals surface area contributed by atoms with E-state index in [1.54, 1.807) is 19.2 Å². The molecule has 6 heteroatoms. The second kappa shape index (κ2) is 7.97. The van der Waals surface area contributed by atoms with E-state index in [1.807, 2.05) is 12.1 Å². The van der Waals surface area contributed by atoms with Crippen LogP contribution < -0.4 is 10.6 Å². The number of ether oxygens (including phenoxy) is 2. The lowest BCUT2D eigenvalue weighted by molar-refractivity contribution is 0.0242. The molecule has 1 heterocycles. The fourth-order valence-electron chi connectivity index (χ4n) is 2.53. The first-order valence-corrected chi connectivity index (χ1v) is 7.82. The van der Waals surface area contributed by atoms with E-state index < -0.39 is 0 Å². The first-order chi connectivity index (χ1) is 11.1. The maximum atomic E-state index is 11.4. The van der Waals surface area contributed by atoms with E-state index in [4.69, 9.17) is 4.74 Å². The summed E-state index contributed by atoms with van der Waals surface area (Å²) in [6, 6.07) is 7.31.